The van der Waals surface area contributed by atoms with Crippen LogP contribution in [0.2, 0.25) is 0 Å². The van der Waals surface area contributed by atoms with Crippen LogP contribution in [0.3, 0.4) is 0 Å². The van der Waals surface area contributed by atoms with Crippen molar-refractivity contribution in [1.29, 1.82) is 0 Å². The SMILES string of the molecule is C[n+]1cccc(NC(=O)c2ccc(NC(=O)c3ccc(C(=O)Nc4ccc(C(=O)Nc5ccc[n+](C)c5)cc4)c4ccccc34)cc2)c1. The van der Waals surface area contributed by atoms with Crippen LogP contribution in [0.4, 0.5) is 22.7 Å². The first-order valence-electron chi connectivity index (χ1n) is 15.1. The minimum absolute atomic E-state index is 0.266. The Hall–Kier alpha value is -6.68. The molecule has 4 N–H and O–H groups in total. The lowest BCUT2D eigenvalue weighted by atomic mass is 9.98. The highest BCUT2D eigenvalue weighted by Gasteiger charge is 2.17. The van der Waals surface area contributed by atoms with Crippen LogP contribution in [-0.2, 0) is 14.1 Å². The fourth-order valence-electron chi connectivity index (χ4n) is 5.23. The largest absolute Gasteiger partial charge is 0.322 e. The van der Waals surface area contributed by atoms with Crippen LogP contribution in [0.1, 0.15) is 41.4 Å². The summed E-state index contributed by atoms with van der Waals surface area (Å²) in [5.74, 6) is -1.24. The van der Waals surface area contributed by atoms with Gasteiger partial charge in [-0.1, -0.05) is 24.3 Å². The smallest absolute Gasteiger partial charge is 0.256 e. The molecule has 0 spiro atoms. The maximum absolute atomic E-state index is 13.4. The summed E-state index contributed by atoms with van der Waals surface area (Å²) in [5, 5.41) is 12.7. The van der Waals surface area contributed by atoms with Crippen LogP contribution in [0.5, 0.6) is 0 Å². The van der Waals surface area contributed by atoms with E-state index in [0.717, 1.165) is 0 Å². The molecule has 0 saturated heterocycles. The van der Waals surface area contributed by atoms with E-state index in [1.807, 2.05) is 47.8 Å². The number of rotatable bonds is 8. The van der Waals surface area contributed by atoms with Crippen molar-refractivity contribution in [2.24, 2.45) is 14.1 Å². The zero-order valence-electron chi connectivity index (χ0n) is 26.2. The number of hydrogen-bond donors (Lipinski definition) is 4. The fraction of sp³-hybridized carbons (Fsp3) is 0.0526. The van der Waals surface area contributed by atoms with Crippen molar-refractivity contribution < 1.29 is 28.3 Å². The average Bonchev–Trinajstić information content (AvgIpc) is 3.08. The second-order valence-electron chi connectivity index (χ2n) is 11.2. The van der Waals surface area contributed by atoms with Crippen molar-refractivity contribution >= 4 is 57.2 Å². The van der Waals surface area contributed by atoms with Crippen LogP contribution in [-0.4, -0.2) is 23.6 Å². The number of aromatic nitrogens is 2. The first-order chi connectivity index (χ1) is 23.2. The molecule has 6 rings (SSSR count). The summed E-state index contributed by atoms with van der Waals surface area (Å²) >= 11 is 0. The number of hydrogen-bond acceptors (Lipinski definition) is 4. The average molecular weight is 637 g/mol. The Kier molecular flexibility index (Phi) is 8.97. The topological polar surface area (TPSA) is 124 Å². The molecule has 236 valence electrons. The molecule has 48 heavy (non-hydrogen) atoms. The molecule has 0 aliphatic rings. The lowest BCUT2D eigenvalue weighted by molar-refractivity contribution is -0.670. The molecule has 10 heteroatoms. The minimum Gasteiger partial charge on any atom is -0.322 e. The van der Waals surface area contributed by atoms with Gasteiger partial charge in [0.25, 0.3) is 23.6 Å². The standard InChI is InChI=1S/C38H30N6O4/c1-43-21-5-7-29(23-43)41-35(45)25-11-15-27(16-12-25)39-37(47)33-19-20-34(32-10-4-3-9-31(32)33)38(48)40-28-17-13-26(14-18-28)36(46)42-30-8-6-22-44(2)24-30/h3-24H,1-2H3,(H2-2,39,40,41,42,45,46,47,48)/p+2. The van der Waals surface area contributed by atoms with E-state index in [9.17, 15) is 19.2 Å². The Morgan fingerprint density at radius 3 is 1.17 bits per heavy atom. The summed E-state index contributed by atoms with van der Waals surface area (Å²) in [6.07, 6.45) is 7.35. The van der Waals surface area contributed by atoms with Crippen LogP contribution < -0.4 is 30.4 Å². The number of fused-ring (bicyclic) bond motifs is 1. The van der Waals surface area contributed by atoms with E-state index in [0.29, 0.717) is 55.8 Å². The third-order valence-corrected chi connectivity index (χ3v) is 7.62. The second kappa shape index (κ2) is 13.8. The third kappa shape index (κ3) is 7.24. The van der Waals surface area contributed by atoms with E-state index in [2.05, 4.69) is 21.3 Å². The molecule has 10 nitrogen and oxygen atoms in total. The Balaban J connectivity index is 1.12. The van der Waals surface area contributed by atoms with Gasteiger partial charge < -0.3 is 21.3 Å². The predicted molar refractivity (Wildman–Crippen MR) is 184 cm³/mol. The Morgan fingerprint density at radius 1 is 0.417 bits per heavy atom. The molecule has 0 bridgehead atoms. The number of aryl methyl sites for hydroxylation is 2. The highest BCUT2D eigenvalue weighted by atomic mass is 16.2. The molecular formula is C38H32N6O4+2. The Morgan fingerprint density at radius 2 is 0.792 bits per heavy atom. The van der Waals surface area contributed by atoms with Crippen LogP contribution in [0, 0.1) is 0 Å². The number of nitrogens with zero attached hydrogens (tertiary/aromatic N) is 2. The summed E-state index contributed by atoms with van der Waals surface area (Å²) < 4.78 is 3.68. The number of pyridine rings is 2. The summed E-state index contributed by atoms with van der Waals surface area (Å²) in [6, 6.07) is 30.9. The molecule has 2 aromatic heterocycles. The summed E-state index contributed by atoms with van der Waals surface area (Å²) in [4.78, 5) is 52.1. The molecule has 0 radical (unpaired) electrons. The van der Waals surface area contributed by atoms with Gasteiger partial charge in [0.1, 0.15) is 25.5 Å². The van der Waals surface area contributed by atoms with Crippen LogP contribution >= 0.6 is 0 Å². The van der Waals surface area contributed by atoms with E-state index in [1.54, 1.807) is 109 Å². The number of carbonyl (C=O) groups is 4. The lowest BCUT2D eigenvalue weighted by Gasteiger charge is -2.13. The van der Waals surface area contributed by atoms with Gasteiger partial charge in [0.15, 0.2) is 24.8 Å². The zero-order chi connectivity index (χ0) is 33.6. The van der Waals surface area contributed by atoms with Crippen LogP contribution in [0.25, 0.3) is 10.8 Å². The van der Waals surface area contributed by atoms with Gasteiger partial charge >= 0.3 is 0 Å². The van der Waals surface area contributed by atoms with Gasteiger partial charge in [-0.05, 0) is 83.6 Å². The third-order valence-electron chi connectivity index (χ3n) is 7.62. The van der Waals surface area contributed by atoms with Gasteiger partial charge in [-0.3, -0.25) is 19.2 Å². The van der Waals surface area contributed by atoms with Gasteiger partial charge in [-0.25, -0.2) is 9.13 Å². The quantitative estimate of drug-likeness (QED) is 0.165. The van der Waals surface area contributed by atoms with Gasteiger partial charge in [-0.15, -0.1) is 0 Å². The fourth-order valence-corrected chi connectivity index (χ4v) is 5.23. The molecule has 0 aliphatic heterocycles. The van der Waals surface area contributed by atoms with E-state index >= 15 is 0 Å². The van der Waals surface area contributed by atoms with Crippen molar-refractivity contribution in [3.8, 4) is 0 Å². The predicted octanol–water partition coefficient (Wildman–Crippen LogP) is 5.50. The monoisotopic (exact) mass is 636 g/mol. The zero-order valence-corrected chi connectivity index (χ0v) is 26.2. The molecule has 4 amide bonds. The van der Waals surface area contributed by atoms with E-state index < -0.39 is 0 Å². The van der Waals surface area contributed by atoms with E-state index in [1.165, 1.54) is 0 Å². The molecule has 4 aromatic carbocycles. The molecule has 0 atom stereocenters. The number of anilines is 4. The van der Waals surface area contributed by atoms with Gasteiger partial charge in [0.05, 0.1) is 0 Å². The van der Waals surface area contributed by atoms with Crippen molar-refractivity contribution in [1.82, 2.24) is 0 Å². The molecular weight excluding hydrogens is 604 g/mol. The number of benzene rings is 4. The second-order valence-corrected chi connectivity index (χ2v) is 11.2. The number of amides is 4. The van der Waals surface area contributed by atoms with Crippen LogP contribution in [0.15, 0.2) is 134 Å². The van der Waals surface area contributed by atoms with Crippen molar-refractivity contribution in [3.05, 3.63) is 156 Å². The maximum atomic E-state index is 13.4. The summed E-state index contributed by atoms with van der Waals surface area (Å²) in [6.45, 7) is 0. The first-order valence-corrected chi connectivity index (χ1v) is 15.1. The van der Waals surface area contributed by atoms with Crippen molar-refractivity contribution in [2.75, 3.05) is 21.3 Å². The molecule has 0 saturated carbocycles. The Labute approximate surface area is 276 Å². The highest BCUT2D eigenvalue weighted by molar-refractivity contribution is 6.19. The van der Waals surface area contributed by atoms with E-state index in [-0.39, 0.29) is 23.6 Å². The molecule has 6 aromatic rings. The molecule has 0 aliphatic carbocycles. The molecule has 2 heterocycles. The highest BCUT2D eigenvalue weighted by Crippen LogP contribution is 2.25. The molecule has 0 unspecified atom stereocenters. The van der Waals surface area contributed by atoms with Crippen molar-refractivity contribution in [3.63, 3.8) is 0 Å². The van der Waals surface area contributed by atoms with Crippen molar-refractivity contribution in [2.45, 2.75) is 0 Å². The summed E-state index contributed by atoms with van der Waals surface area (Å²) in [7, 11) is 3.74. The Bertz CT molecular complexity index is 2020. The van der Waals surface area contributed by atoms with E-state index in [4.69, 9.17) is 0 Å². The first kappa shape index (κ1) is 31.3. The molecule has 0 fully saturated rings. The summed E-state index contributed by atoms with van der Waals surface area (Å²) in [5.41, 5.74) is 4.04. The minimum atomic E-state index is -0.356. The normalized spacial score (nSPS) is 10.6. The lowest BCUT2D eigenvalue weighted by Crippen LogP contribution is -2.27. The number of carbonyl (C=O) groups excluding carboxylic acids is 4. The maximum Gasteiger partial charge on any atom is 0.256 e. The van der Waals surface area contributed by atoms with Gasteiger partial charge in [-0.2, -0.15) is 0 Å². The number of nitrogens with one attached hydrogen (secondary N) is 4. The van der Waals surface area contributed by atoms with Gasteiger partial charge in [0, 0.05) is 45.8 Å². The van der Waals surface area contributed by atoms with Gasteiger partial charge in [0.2, 0.25) is 0 Å².